The second-order valence-electron chi connectivity index (χ2n) is 6.42. The number of anilines is 1. The fourth-order valence-corrected chi connectivity index (χ4v) is 3.28. The van der Waals surface area contributed by atoms with Gasteiger partial charge in [-0.15, -0.1) is 5.10 Å². The van der Waals surface area contributed by atoms with E-state index in [1.807, 2.05) is 19.1 Å². The van der Waals surface area contributed by atoms with Gasteiger partial charge in [0, 0.05) is 30.7 Å². The van der Waals surface area contributed by atoms with Crippen LogP contribution in [0.1, 0.15) is 17.5 Å². The highest BCUT2D eigenvalue weighted by Gasteiger charge is 2.23. The summed E-state index contributed by atoms with van der Waals surface area (Å²) in [6.07, 6.45) is 5.25. The van der Waals surface area contributed by atoms with Crippen molar-refractivity contribution >= 4 is 11.6 Å². The number of aromatic nitrogens is 4. The zero-order valence-electron chi connectivity index (χ0n) is 14.5. The molecule has 1 aromatic carbocycles. The van der Waals surface area contributed by atoms with Gasteiger partial charge in [-0.1, -0.05) is 17.7 Å². The maximum Gasteiger partial charge on any atom is 0.267 e. The molecule has 3 aromatic rings. The van der Waals surface area contributed by atoms with Crippen LogP contribution in [0, 0.1) is 6.92 Å². The predicted octanol–water partition coefficient (Wildman–Crippen LogP) is 1.72. The molecule has 2 aromatic heterocycles. The van der Waals surface area contributed by atoms with Crippen LogP contribution in [0.25, 0.3) is 5.82 Å². The quantitative estimate of drug-likeness (QED) is 0.722. The van der Waals surface area contributed by atoms with Crippen molar-refractivity contribution in [3.63, 3.8) is 0 Å². The first-order valence-electron chi connectivity index (χ1n) is 8.60. The van der Waals surface area contributed by atoms with Gasteiger partial charge in [0.15, 0.2) is 5.82 Å². The van der Waals surface area contributed by atoms with E-state index in [-0.39, 0.29) is 18.0 Å². The van der Waals surface area contributed by atoms with E-state index in [9.17, 15) is 9.59 Å². The smallest absolute Gasteiger partial charge is 0.267 e. The predicted molar refractivity (Wildman–Crippen MR) is 97.5 cm³/mol. The molecular weight excluding hydrogens is 330 g/mol. The number of nitrogens with zero attached hydrogens (tertiary/aromatic N) is 5. The average Bonchev–Trinajstić information content (AvgIpc) is 3.17. The Morgan fingerprint density at radius 3 is 2.92 bits per heavy atom. The molecule has 3 heterocycles. The lowest BCUT2D eigenvalue weighted by Crippen LogP contribution is -2.40. The van der Waals surface area contributed by atoms with Crippen LogP contribution in [0.2, 0.25) is 0 Å². The molecule has 7 nitrogen and oxygen atoms in total. The minimum absolute atomic E-state index is 0.0960. The van der Waals surface area contributed by atoms with Crippen molar-refractivity contribution in [1.29, 1.82) is 0 Å². The largest absolute Gasteiger partial charge is 0.311 e. The maximum absolute atomic E-state index is 12.9. The highest BCUT2D eigenvalue weighted by Crippen LogP contribution is 2.28. The number of fused-ring (bicyclic) bond motifs is 1. The van der Waals surface area contributed by atoms with Crippen LogP contribution in [-0.4, -0.2) is 32.0 Å². The number of amides is 1. The number of benzene rings is 1. The molecular formula is C19H19N5O2. The Morgan fingerprint density at radius 2 is 2.12 bits per heavy atom. The fraction of sp³-hybridized carbons (Fsp3) is 0.263. The molecule has 1 aliphatic heterocycles. The molecule has 4 rings (SSSR count). The SMILES string of the molecule is Cc1ccc2c(c1)CCCN2C(=O)Cn1nc(-n2cccn2)ccc1=O. The number of hydrogen-bond acceptors (Lipinski definition) is 4. The summed E-state index contributed by atoms with van der Waals surface area (Å²) in [5.41, 5.74) is 2.98. The Kier molecular flexibility index (Phi) is 4.12. The molecule has 1 aliphatic rings. The monoisotopic (exact) mass is 349 g/mol. The summed E-state index contributed by atoms with van der Waals surface area (Å²) in [6.45, 7) is 2.61. The number of carbonyl (C=O) groups excluding carboxylic acids is 1. The molecule has 0 bridgehead atoms. The molecule has 0 saturated heterocycles. The summed E-state index contributed by atoms with van der Waals surface area (Å²) in [4.78, 5) is 26.8. The maximum atomic E-state index is 12.9. The van der Waals surface area contributed by atoms with Crippen molar-refractivity contribution in [3.8, 4) is 5.82 Å². The van der Waals surface area contributed by atoms with E-state index in [0.717, 1.165) is 18.5 Å². The number of carbonyl (C=O) groups is 1. The van der Waals surface area contributed by atoms with Gasteiger partial charge >= 0.3 is 0 Å². The molecule has 1 amide bonds. The molecule has 0 fully saturated rings. The summed E-state index contributed by atoms with van der Waals surface area (Å²) in [7, 11) is 0. The number of rotatable bonds is 3. The van der Waals surface area contributed by atoms with Crippen molar-refractivity contribution in [2.24, 2.45) is 0 Å². The summed E-state index contributed by atoms with van der Waals surface area (Å²) in [5.74, 6) is 0.360. The second-order valence-corrected chi connectivity index (χ2v) is 6.42. The third-order valence-corrected chi connectivity index (χ3v) is 4.53. The van der Waals surface area contributed by atoms with Gasteiger partial charge in [0.1, 0.15) is 6.54 Å². The van der Waals surface area contributed by atoms with Crippen molar-refractivity contribution in [2.75, 3.05) is 11.4 Å². The topological polar surface area (TPSA) is 73.0 Å². The summed E-state index contributed by atoms with van der Waals surface area (Å²) < 4.78 is 2.75. The first-order chi connectivity index (χ1) is 12.6. The summed E-state index contributed by atoms with van der Waals surface area (Å²) >= 11 is 0. The standard InChI is InChI=1S/C19H19N5O2/c1-14-5-6-16-15(12-14)4-2-10-22(16)19(26)13-24-18(25)8-7-17(21-24)23-11-3-9-20-23/h3,5-9,11-12H,2,4,10,13H2,1H3. The molecule has 0 spiro atoms. The Labute approximate surface area is 150 Å². The minimum Gasteiger partial charge on any atom is -0.311 e. The fourth-order valence-electron chi connectivity index (χ4n) is 3.28. The number of aryl methyl sites for hydroxylation is 2. The van der Waals surface area contributed by atoms with Crippen LogP contribution in [-0.2, 0) is 17.8 Å². The van der Waals surface area contributed by atoms with Crippen LogP contribution in [0.5, 0.6) is 0 Å². The van der Waals surface area contributed by atoms with Crippen molar-refractivity contribution in [1.82, 2.24) is 19.6 Å². The first kappa shape index (κ1) is 16.3. The Hall–Kier alpha value is -3.22. The highest BCUT2D eigenvalue weighted by atomic mass is 16.2. The molecule has 7 heteroatoms. The van der Waals surface area contributed by atoms with Gasteiger partial charge in [-0.25, -0.2) is 9.36 Å². The molecule has 0 atom stereocenters. The van der Waals surface area contributed by atoms with E-state index in [1.165, 1.54) is 21.9 Å². The van der Waals surface area contributed by atoms with Gasteiger partial charge < -0.3 is 4.90 Å². The van der Waals surface area contributed by atoms with E-state index in [4.69, 9.17) is 0 Å². The molecule has 26 heavy (non-hydrogen) atoms. The van der Waals surface area contributed by atoms with Crippen molar-refractivity contribution in [2.45, 2.75) is 26.3 Å². The van der Waals surface area contributed by atoms with Gasteiger partial charge in [-0.2, -0.15) is 5.10 Å². The Morgan fingerprint density at radius 1 is 1.23 bits per heavy atom. The minimum atomic E-state index is -0.310. The molecule has 0 aliphatic carbocycles. The normalized spacial score (nSPS) is 13.5. The van der Waals surface area contributed by atoms with E-state index >= 15 is 0 Å². The molecule has 0 saturated carbocycles. The van der Waals surface area contributed by atoms with Gasteiger partial charge in [-0.05, 0) is 43.5 Å². The van der Waals surface area contributed by atoms with Gasteiger partial charge in [0.25, 0.3) is 5.56 Å². The lowest BCUT2D eigenvalue weighted by atomic mass is 9.99. The zero-order valence-corrected chi connectivity index (χ0v) is 14.5. The van der Waals surface area contributed by atoms with Crippen LogP contribution in [0.3, 0.4) is 0 Å². The lowest BCUT2D eigenvalue weighted by Gasteiger charge is -2.29. The van der Waals surface area contributed by atoms with E-state index in [1.54, 1.807) is 34.1 Å². The lowest BCUT2D eigenvalue weighted by molar-refractivity contribution is -0.119. The van der Waals surface area contributed by atoms with E-state index < -0.39 is 0 Å². The van der Waals surface area contributed by atoms with E-state index in [2.05, 4.69) is 16.3 Å². The second kappa shape index (κ2) is 6.59. The Bertz CT molecular complexity index is 1010. The summed E-state index contributed by atoms with van der Waals surface area (Å²) in [6, 6.07) is 10.9. The molecule has 0 radical (unpaired) electrons. The van der Waals surface area contributed by atoms with Gasteiger partial charge in [0.05, 0.1) is 0 Å². The molecule has 132 valence electrons. The third kappa shape index (κ3) is 3.03. The van der Waals surface area contributed by atoms with Gasteiger partial charge in [-0.3, -0.25) is 9.59 Å². The Balaban J connectivity index is 1.62. The van der Waals surface area contributed by atoms with Crippen LogP contribution >= 0.6 is 0 Å². The zero-order chi connectivity index (χ0) is 18.1. The molecule has 0 unspecified atom stereocenters. The number of hydrogen-bond donors (Lipinski definition) is 0. The third-order valence-electron chi connectivity index (χ3n) is 4.53. The first-order valence-corrected chi connectivity index (χ1v) is 8.60. The average molecular weight is 349 g/mol. The molecule has 0 N–H and O–H groups in total. The van der Waals surface area contributed by atoms with Crippen LogP contribution in [0.4, 0.5) is 5.69 Å². The van der Waals surface area contributed by atoms with Gasteiger partial charge in [0.2, 0.25) is 5.91 Å². The highest BCUT2D eigenvalue weighted by molar-refractivity contribution is 5.94. The van der Waals surface area contributed by atoms with E-state index in [0.29, 0.717) is 12.4 Å². The van der Waals surface area contributed by atoms with Crippen LogP contribution in [0.15, 0.2) is 53.6 Å². The van der Waals surface area contributed by atoms with Crippen molar-refractivity contribution < 1.29 is 4.79 Å². The summed E-state index contributed by atoms with van der Waals surface area (Å²) in [5, 5.41) is 8.38. The van der Waals surface area contributed by atoms with Crippen LogP contribution < -0.4 is 10.5 Å². The van der Waals surface area contributed by atoms with Crippen molar-refractivity contribution in [3.05, 3.63) is 70.3 Å².